The molecule has 3 nitrogen and oxygen atoms in total. The van der Waals surface area contributed by atoms with E-state index in [4.69, 9.17) is 5.73 Å². The molecule has 0 bridgehead atoms. The third-order valence-electron chi connectivity index (χ3n) is 3.71. The molecule has 0 aromatic heterocycles. The number of hydrogen-bond acceptors (Lipinski definition) is 2. The number of rotatable bonds is 4. The molecule has 21 heavy (non-hydrogen) atoms. The largest absolute Gasteiger partial charge is 0.340 e. The van der Waals surface area contributed by atoms with Crippen LogP contribution in [0, 0.1) is 13.8 Å². The molecule has 0 fully saturated rings. The van der Waals surface area contributed by atoms with E-state index in [1.54, 1.807) is 11.9 Å². The second kappa shape index (κ2) is 6.55. The second-order valence-corrected chi connectivity index (χ2v) is 5.51. The van der Waals surface area contributed by atoms with Crippen molar-refractivity contribution >= 4 is 5.91 Å². The molecule has 2 aromatic rings. The number of nitrogens with two attached hydrogens (primary N) is 1. The monoisotopic (exact) mass is 282 g/mol. The fraction of sp³-hybridized carbons (Fsp3) is 0.278. The summed E-state index contributed by atoms with van der Waals surface area (Å²) in [5.74, 6) is -0.0684. The third kappa shape index (κ3) is 3.70. The zero-order valence-corrected chi connectivity index (χ0v) is 12.8. The van der Waals surface area contributed by atoms with Gasteiger partial charge in [0.25, 0.3) is 0 Å². The van der Waals surface area contributed by atoms with Gasteiger partial charge in [-0.2, -0.15) is 0 Å². The van der Waals surface area contributed by atoms with E-state index in [1.807, 2.05) is 30.3 Å². The van der Waals surface area contributed by atoms with E-state index >= 15 is 0 Å². The quantitative estimate of drug-likeness (QED) is 0.937. The van der Waals surface area contributed by atoms with E-state index in [9.17, 15) is 4.79 Å². The molecular weight excluding hydrogens is 260 g/mol. The maximum absolute atomic E-state index is 12.4. The highest BCUT2D eigenvalue weighted by molar-refractivity contribution is 5.82. The average Bonchev–Trinajstić information content (AvgIpc) is 2.49. The van der Waals surface area contributed by atoms with Gasteiger partial charge >= 0.3 is 0 Å². The fourth-order valence-electron chi connectivity index (χ4n) is 2.40. The van der Waals surface area contributed by atoms with Gasteiger partial charge in [-0.05, 0) is 30.5 Å². The predicted octanol–water partition coefficient (Wildman–Crippen LogP) is 2.96. The molecule has 0 saturated heterocycles. The first kappa shape index (κ1) is 15.3. The lowest BCUT2D eigenvalue weighted by Crippen LogP contribution is -2.35. The zero-order valence-electron chi connectivity index (χ0n) is 12.8. The lowest BCUT2D eigenvalue weighted by Gasteiger charge is -2.22. The molecule has 1 atom stereocenters. The third-order valence-corrected chi connectivity index (χ3v) is 3.71. The number of hydrogen-bond donors (Lipinski definition) is 1. The molecule has 0 saturated carbocycles. The standard InChI is InChI=1S/C18H22N2O/c1-13-9-10-16(14(2)11-13)12-20(3)18(21)17(19)15-7-5-4-6-8-15/h4-11,17H,12,19H2,1-3H3/t17-/m0/s1. The maximum Gasteiger partial charge on any atom is 0.244 e. The minimum Gasteiger partial charge on any atom is -0.340 e. The van der Waals surface area contributed by atoms with Gasteiger partial charge in [-0.3, -0.25) is 4.79 Å². The van der Waals surface area contributed by atoms with Crippen molar-refractivity contribution < 1.29 is 4.79 Å². The van der Waals surface area contributed by atoms with E-state index in [1.165, 1.54) is 11.1 Å². The Labute approximate surface area is 126 Å². The van der Waals surface area contributed by atoms with Crippen LogP contribution < -0.4 is 5.73 Å². The van der Waals surface area contributed by atoms with Gasteiger partial charge in [-0.1, -0.05) is 54.1 Å². The Kier molecular flexibility index (Phi) is 4.76. The van der Waals surface area contributed by atoms with Crippen molar-refractivity contribution in [2.75, 3.05) is 7.05 Å². The van der Waals surface area contributed by atoms with Gasteiger partial charge < -0.3 is 10.6 Å². The fourth-order valence-corrected chi connectivity index (χ4v) is 2.40. The highest BCUT2D eigenvalue weighted by Crippen LogP contribution is 2.16. The Bertz CT molecular complexity index is 622. The summed E-state index contributed by atoms with van der Waals surface area (Å²) in [6.45, 7) is 4.71. The Morgan fingerprint density at radius 2 is 1.81 bits per heavy atom. The summed E-state index contributed by atoms with van der Waals surface area (Å²) in [4.78, 5) is 14.1. The molecular formula is C18H22N2O. The van der Waals surface area contributed by atoms with Crippen molar-refractivity contribution in [1.82, 2.24) is 4.90 Å². The van der Waals surface area contributed by atoms with Gasteiger partial charge in [0, 0.05) is 13.6 Å². The Balaban J connectivity index is 2.09. The first-order valence-corrected chi connectivity index (χ1v) is 7.10. The predicted molar refractivity (Wildman–Crippen MR) is 85.8 cm³/mol. The zero-order chi connectivity index (χ0) is 15.4. The summed E-state index contributed by atoms with van der Waals surface area (Å²) >= 11 is 0. The summed E-state index contributed by atoms with van der Waals surface area (Å²) in [6, 6.07) is 15.1. The summed E-state index contributed by atoms with van der Waals surface area (Å²) in [6.07, 6.45) is 0. The number of amides is 1. The number of aryl methyl sites for hydroxylation is 2. The van der Waals surface area contributed by atoms with Crippen LogP contribution in [-0.2, 0) is 11.3 Å². The van der Waals surface area contributed by atoms with Crippen LogP contribution in [0.4, 0.5) is 0 Å². The SMILES string of the molecule is Cc1ccc(CN(C)C(=O)[C@@H](N)c2ccccc2)c(C)c1. The van der Waals surface area contributed by atoms with Crippen LogP contribution in [-0.4, -0.2) is 17.9 Å². The van der Waals surface area contributed by atoms with Crippen molar-refractivity contribution in [2.24, 2.45) is 5.73 Å². The normalized spacial score (nSPS) is 12.0. The van der Waals surface area contributed by atoms with Crippen LogP contribution in [0.15, 0.2) is 48.5 Å². The number of carbonyl (C=O) groups is 1. The molecule has 2 rings (SSSR count). The molecule has 2 aromatic carbocycles. The minimum atomic E-state index is -0.609. The lowest BCUT2D eigenvalue weighted by atomic mass is 10.0. The Morgan fingerprint density at radius 1 is 1.14 bits per heavy atom. The minimum absolute atomic E-state index is 0.0684. The molecule has 3 heteroatoms. The molecule has 0 aliphatic rings. The van der Waals surface area contributed by atoms with Gasteiger partial charge in [0.05, 0.1) is 0 Å². The molecule has 0 aliphatic carbocycles. The van der Waals surface area contributed by atoms with Crippen LogP contribution in [0.1, 0.15) is 28.3 Å². The molecule has 1 amide bonds. The van der Waals surface area contributed by atoms with Crippen LogP contribution in [0.5, 0.6) is 0 Å². The summed E-state index contributed by atoms with van der Waals surface area (Å²) in [7, 11) is 1.80. The average molecular weight is 282 g/mol. The highest BCUT2D eigenvalue weighted by Gasteiger charge is 2.20. The molecule has 0 heterocycles. The molecule has 0 aliphatic heterocycles. The van der Waals surface area contributed by atoms with E-state index in [-0.39, 0.29) is 5.91 Å². The second-order valence-electron chi connectivity index (χ2n) is 5.51. The van der Waals surface area contributed by atoms with Crippen molar-refractivity contribution in [3.63, 3.8) is 0 Å². The summed E-state index contributed by atoms with van der Waals surface area (Å²) in [5.41, 5.74) is 10.5. The van der Waals surface area contributed by atoms with Crippen molar-refractivity contribution in [2.45, 2.75) is 26.4 Å². The van der Waals surface area contributed by atoms with Crippen LogP contribution in [0.2, 0.25) is 0 Å². The molecule has 0 unspecified atom stereocenters. The number of benzene rings is 2. The topological polar surface area (TPSA) is 46.3 Å². The van der Waals surface area contributed by atoms with Gasteiger partial charge in [0.15, 0.2) is 0 Å². The molecule has 0 spiro atoms. The smallest absolute Gasteiger partial charge is 0.244 e. The van der Waals surface area contributed by atoms with Crippen molar-refractivity contribution in [3.05, 3.63) is 70.8 Å². The van der Waals surface area contributed by atoms with E-state index in [0.717, 1.165) is 11.1 Å². The van der Waals surface area contributed by atoms with E-state index in [2.05, 4.69) is 32.0 Å². The summed E-state index contributed by atoms with van der Waals surface area (Å²) < 4.78 is 0. The summed E-state index contributed by atoms with van der Waals surface area (Å²) in [5, 5.41) is 0. The van der Waals surface area contributed by atoms with Crippen LogP contribution in [0.3, 0.4) is 0 Å². The first-order valence-electron chi connectivity index (χ1n) is 7.10. The Hall–Kier alpha value is -2.13. The van der Waals surface area contributed by atoms with Gasteiger partial charge in [0.2, 0.25) is 5.91 Å². The van der Waals surface area contributed by atoms with Gasteiger partial charge in [0.1, 0.15) is 6.04 Å². The number of nitrogens with zero attached hydrogens (tertiary/aromatic N) is 1. The van der Waals surface area contributed by atoms with Gasteiger partial charge in [-0.15, -0.1) is 0 Å². The van der Waals surface area contributed by atoms with Crippen LogP contribution in [0.25, 0.3) is 0 Å². The number of carbonyl (C=O) groups excluding carboxylic acids is 1. The first-order chi connectivity index (χ1) is 9.99. The number of likely N-dealkylation sites (N-methyl/N-ethyl adjacent to an activating group) is 1. The van der Waals surface area contributed by atoms with Crippen LogP contribution >= 0.6 is 0 Å². The molecule has 110 valence electrons. The van der Waals surface area contributed by atoms with E-state index < -0.39 is 6.04 Å². The van der Waals surface area contributed by atoms with Gasteiger partial charge in [-0.25, -0.2) is 0 Å². The maximum atomic E-state index is 12.4. The van der Waals surface area contributed by atoms with E-state index in [0.29, 0.717) is 6.54 Å². The Morgan fingerprint density at radius 3 is 2.43 bits per heavy atom. The molecule has 0 radical (unpaired) electrons. The van der Waals surface area contributed by atoms with Crippen molar-refractivity contribution in [3.8, 4) is 0 Å². The highest BCUT2D eigenvalue weighted by atomic mass is 16.2. The molecule has 2 N–H and O–H groups in total. The van der Waals surface area contributed by atoms with Crippen molar-refractivity contribution in [1.29, 1.82) is 0 Å². The lowest BCUT2D eigenvalue weighted by molar-refractivity contribution is -0.131.